The Hall–Kier alpha value is -3.43. The minimum atomic E-state index is -3.38. The van der Waals surface area contributed by atoms with Crippen molar-refractivity contribution in [2.24, 2.45) is 0 Å². The fourth-order valence-electron chi connectivity index (χ4n) is 5.56. The Bertz CT molecular complexity index is 1550. The normalized spacial score (nSPS) is 18.0. The molecule has 1 N–H and O–H groups in total. The van der Waals surface area contributed by atoms with E-state index in [9.17, 15) is 8.42 Å². The number of rotatable bonds is 8. The molecule has 0 unspecified atom stereocenters. The van der Waals surface area contributed by atoms with Crippen molar-refractivity contribution >= 4 is 38.4 Å². The Morgan fingerprint density at radius 2 is 1.72 bits per heavy atom. The first-order valence-electron chi connectivity index (χ1n) is 13.5. The smallest absolute Gasteiger partial charge is 0.232 e. The number of hydrogen-bond acceptors (Lipinski definition) is 6. The number of hydrogen-bond donors (Lipinski definition) is 1. The van der Waals surface area contributed by atoms with Crippen molar-refractivity contribution in [3.63, 3.8) is 0 Å². The molecular formula is C30H38N6O2S. The number of fused-ring (bicyclic) bond motifs is 1. The van der Waals surface area contributed by atoms with Gasteiger partial charge >= 0.3 is 0 Å². The average Bonchev–Trinajstić information content (AvgIpc) is 3.30. The molecule has 39 heavy (non-hydrogen) atoms. The van der Waals surface area contributed by atoms with E-state index in [4.69, 9.17) is 4.98 Å². The molecule has 1 aliphatic rings. The van der Waals surface area contributed by atoms with Crippen molar-refractivity contribution in [1.29, 1.82) is 0 Å². The van der Waals surface area contributed by atoms with Crippen molar-refractivity contribution in [2.45, 2.75) is 51.1 Å². The molecule has 0 bridgehead atoms. The van der Waals surface area contributed by atoms with Crippen molar-refractivity contribution in [3.05, 3.63) is 77.6 Å². The van der Waals surface area contributed by atoms with Gasteiger partial charge in [0.15, 0.2) is 0 Å². The predicted octanol–water partition coefficient (Wildman–Crippen LogP) is 5.52. The monoisotopic (exact) mass is 546 g/mol. The van der Waals surface area contributed by atoms with Crippen LogP contribution in [0, 0.1) is 6.92 Å². The molecule has 0 aliphatic heterocycles. The van der Waals surface area contributed by atoms with Crippen LogP contribution in [0.25, 0.3) is 11.0 Å². The molecule has 4 aromatic rings. The van der Waals surface area contributed by atoms with Gasteiger partial charge in [-0.05, 0) is 88.0 Å². The van der Waals surface area contributed by atoms with E-state index in [0.717, 1.165) is 27.8 Å². The fraction of sp³-hybridized carbons (Fsp3) is 0.400. The quantitative estimate of drug-likeness (QED) is 0.314. The zero-order chi connectivity index (χ0) is 27.7. The molecule has 5 rings (SSSR count). The summed E-state index contributed by atoms with van der Waals surface area (Å²) in [6, 6.07) is 17.2. The van der Waals surface area contributed by atoms with Gasteiger partial charge < -0.3 is 14.8 Å². The summed E-state index contributed by atoms with van der Waals surface area (Å²) in [5, 5.41) is 4.28. The number of aromatic nitrogens is 3. The van der Waals surface area contributed by atoms with Gasteiger partial charge in [0.2, 0.25) is 16.0 Å². The Labute approximate surface area is 231 Å². The SMILES string of the molecule is Cc1ccc(N(C)S(C)(=O)=O)c(Cn2ccc3cnc(Nc4ccc(C5CCC(N(C)C)CC5)cc4)nc32)c1. The third kappa shape index (κ3) is 6.09. The molecule has 1 aliphatic carbocycles. The number of nitrogens with zero attached hydrogens (tertiary/aromatic N) is 5. The first kappa shape index (κ1) is 27.1. The van der Waals surface area contributed by atoms with Gasteiger partial charge in [-0.25, -0.2) is 13.4 Å². The number of anilines is 3. The molecule has 0 amide bonds. The zero-order valence-corrected chi connectivity index (χ0v) is 24.2. The van der Waals surface area contributed by atoms with Crippen LogP contribution >= 0.6 is 0 Å². The largest absolute Gasteiger partial charge is 0.328 e. The van der Waals surface area contributed by atoms with Crippen LogP contribution in [0.4, 0.5) is 17.3 Å². The highest BCUT2D eigenvalue weighted by Gasteiger charge is 2.23. The first-order valence-corrected chi connectivity index (χ1v) is 15.3. The molecule has 2 aromatic heterocycles. The van der Waals surface area contributed by atoms with Crippen LogP contribution < -0.4 is 9.62 Å². The van der Waals surface area contributed by atoms with Gasteiger partial charge in [0.25, 0.3) is 0 Å². The molecular weight excluding hydrogens is 508 g/mol. The summed E-state index contributed by atoms with van der Waals surface area (Å²) in [7, 11) is 2.56. The van der Waals surface area contributed by atoms with Crippen LogP contribution in [-0.2, 0) is 16.6 Å². The van der Waals surface area contributed by atoms with Crippen LogP contribution in [-0.4, -0.2) is 61.3 Å². The second-order valence-corrected chi connectivity index (χ2v) is 13.0. The van der Waals surface area contributed by atoms with Crippen molar-refractivity contribution in [1.82, 2.24) is 19.4 Å². The summed E-state index contributed by atoms with van der Waals surface area (Å²) in [6.45, 7) is 2.49. The van der Waals surface area contributed by atoms with Crippen LogP contribution in [0.15, 0.2) is 60.9 Å². The number of benzene rings is 2. The molecule has 0 spiro atoms. The van der Waals surface area contributed by atoms with E-state index >= 15 is 0 Å². The lowest BCUT2D eigenvalue weighted by molar-refractivity contribution is 0.216. The second-order valence-electron chi connectivity index (χ2n) is 11.0. The maximum absolute atomic E-state index is 12.2. The Morgan fingerprint density at radius 1 is 1.00 bits per heavy atom. The molecule has 1 fully saturated rings. The van der Waals surface area contributed by atoms with Crippen molar-refractivity contribution < 1.29 is 8.42 Å². The lowest BCUT2D eigenvalue weighted by atomic mass is 9.81. The van der Waals surface area contributed by atoms with Gasteiger partial charge in [0.1, 0.15) is 5.65 Å². The minimum Gasteiger partial charge on any atom is -0.328 e. The number of nitrogens with one attached hydrogen (secondary N) is 1. The third-order valence-corrected chi connectivity index (χ3v) is 9.17. The highest BCUT2D eigenvalue weighted by Crippen LogP contribution is 2.35. The highest BCUT2D eigenvalue weighted by molar-refractivity contribution is 7.92. The van der Waals surface area contributed by atoms with Crippen LogP contribution in [0.2, 0.25) is 0 Å². The average molecular weight is 547 g/mol. The number of aryl methyl sites for hydroxylation is 1. The summed E-state index contributed by atoms with van der Waals surface area (Å²) >= 11 is 0. The van der Waals surface area contributed by atoms with E-state index in [1.807, 2.05) is 48.1 Å². The molecule has 206 valence electrons. The standard InChI is InChI=1S/C30H38N6O2S/c1-21-6-15-28(35(4)39(5,37)38)25(18-21)20-36-17-16-24-19-31-30(33-29(24)36)32-26-11-7-22(8-12-26)23-9-13-27(14-10-23)34(2)3/h6-8,11-12,15-19,23,27H,9-10,13-14,20H2,1-5H3,(H,31,32,33). The van der Waals surface area contributed by atoms with Gasteiger partial charge in [0.05, 0.1) is 18.5 Å². The molecule has 2 aromatic carbocycles. The predicted molar refractivity (Wildman–Crippen MR) is 159 cm³/mol. The maximum atomic E-state index is 12.2. The van der Waals surface area contributed by atoms with E-state index in [2.05, 4.69) is 53.6 Å². The van der Waals surface area contributed by atoms with E-state index in [1.54, 1.807) is 7.05 Å². The zero-order valence-electron chi connectivity index (χ0n) is 23.4. The lowest BCUT2D eigenvalue weighted by Crippen LogP contribution is -2.31. The van der Waals surface area contributed by atoms with Crippen LogP contribution in [0.5, 0.6) is 0 Å². The highest BCUT2D eigenvalue weighted by atomic mass is 32.2. The van der Waals surface area contributed by atoms with Crippen LogP contribution in [0.3, 0.4) is 0 Å². The summed E-state index contributed by atoms with van der Waals surface area (Å²) in [5.74, 6) is 1.15. The molecule has 0 radical (unpaired) electrons. The number of sulfonamides is 1. The second kappa shape index (κ2) is 11.0. The molecule has 0 atom stereocenters. The maximum Gasteiger partial charge on any atom is 0.232 e. The van der Waals surface area contributed by atoms with E-state index in [1.165, 1.54) is 41.8 Å². The molecule has 9 heteroatoms. The van der Waals surface area contributed by atoms with E-state index in [-0.39, 0.29) is 0 Å². The Morgan fingerprint density at radius 3 is 2.38 bits per heavy atom. The Balaban J connectivity index is 1.33. The lowest BCUT2D eigenvalue weighted by Gasteiger charge is -2.32. The van der Waals surface area contributed by atoms with Gasteiger partial charge in [0, 0.05) is 36.6 Å². The van der Waals surface area contributed by atoms with E-state index < -0.39 is 10.0 Å². The van der Waals surface area contributed by atoms with Crippen molar-refractivity contribution in [2.75, 3.05) is 37.0 Å². The summed E-state index contributed by atoms with van der Waals surface area (Å²) in [4.78, 5) is 11.7. The van der Waals surface area contributed by atoms with Gasteiger partial charge in [-0.3, -0.25) is 4.31 Å². The molecule has 2 heterocycles. The summed E-state index contributed by atoms with van der Waals surface area (Å²) < 4.78 is 27.8. The van der Waals surface area contributed by atoms with Gasteiger partial charge in [-0.15, -0.1) is 0 Å². The van der Waals surface area contributed by atoms with E-state index in [0.29, 0.717) is 30.1 Å². The van der Waals surface area contributed by atoms with Crippen LogP contribution in [0.1, 0.15) is 48.3 Å². The Kier molecular flexibility index (Phi) is 7.64. The minimum absolute atomic E-state index is 0.488. The van der Waals surface area contributed by atoms with Gasteiger partial charge in [-0.1, -0.05) is 29.8 Å². The molecule has 8 nitrogen and oxygen atoms in total. The summed E-state index contributed by atoms with van der Waals surface area (Å²) in [6.07, 6.45) is 9.96. The molecule has 1 saturated carbocycles. The van der Waals surface area contributed by atoms with Crippen molar-refractivity contribution in [3.8, 4) is 0 Å². The third-order valence-electron chi connectivity index (χ3n) is 7.98. The topological polar surface area (TPSA) is 83.4 Å². The van der Waals surface area contributed by atoms with Gasteiger partial charge in [-0.2, -0.15) is 4.98 Å². The first-order chi connectivity index (χ1) is 18.6. The molecule has 0 saturated heterocycles. The fourth-order valence-corrected chi connectivity index (χ4v) is 6.10. The summed E-state index contributed by atoms with van der Waals surface area (Å²) in [5.41, 5.74) is 5.77.